The van der Waals surface area contributed by atoms with E-state index >= 15 is 0 Å². The number of carbonyl (C=O) groups is 2. The highest BCUT2D eigenvalue weighted by Crippen LogP contribution is 2.07. The minimum absolute atomic E-state index is 0.185. The fourth-order valence-electron chi connectivity index (χ4n) is 2.67. The monoisotopic (exact) mass is 397 g/mol. The van der Waals surface area contributed by atoms with Crippen molar-refractivity contribution in [2.45, 2.75) is 39.7 Å². The maximum atomic E-state index is 11.4. The van der Waals surface area contributed by atoms with Crippen molar-refractivity contribution in [3.8, 4) is 0 Å². The van der Waals surface area contributed by atoms with Gasteiger partial charge in [-0.15, -0.1) is 0 Å². The Bertz CT molecular complexity index is 841. The lowest BCUT2D eigenvalue weighted by Gasteiger charge is -2.07. The molecule has 2 heterocycles. The smallest absolute Gasteiger partial charge is 0.313 e. The second-order valence-electron chi connectivity index (χ2n) is 6.20. The molecule has 0 aliphatic carbocycles. The lowest BCUT2D eigenvalue weighted by atomic mass is 10.2. The molecule has 1 aromatic carbocycles. The van der Waals surface area contributed by atoms with Gasteiger partial charge in [-0.1, -0.05) is 36.4 Å². The average molecular weight is 397 g/mol. The molecule has 0 saturated carbocycles. The number of imidazole rings is 1. The molecular weight excluding hydrogens is 370 g/mol. The summed E-state index contributed by atoms with van der Waals surface area (Å²) in [6.45, 7) is 5.16. The Morgan fingerprint density at radius 2 is 1.72 bits per heavy atom. The average Bonchev–Trinajstić information content (AvgIpc) is 3.36. The summed E-state index contributed by atoms with van der Waals surface area (Å²) in [6, 6.07) is 10.1. The molecule has 7 heteroatoms. The third-order valence-electron chi connectivity index (χ3n) is 3.97. The van der Waals surface area contributed by atoms with Gasteiger partial charge in [0.1, 0.15) is 12.2 Å². The third kappa shape index (κ3) is 8.13. The van der Waals surface area contributed by atoms with Crippen LogP contribution in [0.4, 0.5) is 0 Å². The number of benzene rings is 1. The topological polar surface area (TPSA) is 82.8 Å². The van der Waals surface area contributed by atoms with Crippen LogP contribution >= 0.6 is 0 Å². The third-order valence-corrected chi connectivity index (χ3v) is 3.97. The van der Waals surface area contributed by atoms with E-state index in [-0.39, 0.29) is 18.4 Å². The SMILES string of the molecule is CCOC(=O)CC1=NC=CC1.CCOC(=O)Cc1nccn1Cc1ccccc1. The van der Waals surface area contributed by atoms with Gasteiger partial charge in [-0.25, -0.2) is 4.98 Å². The summed E-state index contributed by atoms with van der Waals surface area (Å²) >= 11 is 0. The van der Waals surface area contributed by atoms with E-state index in [2.05, 4.69) is 9.98 Å². The molecule has 2 aromatic rings. The highest BCUT2D eigenvalue weighted by molar-refractivity contribution is 6.00. The highest BCUT2D eigenvalue weighted by atomic mass is 16.5. The lowest BCUT2D eigenvalue weighted by Crippen LogP contribution is -2.13. The summed E-state index contributed by atoms with van der Waals surface area (Å²) in [5, 5.41) is 0. The zero-order chi connectivity index (χ0) is 20.9. The van der Waals surface area contributed by atoms with Gasteiger partial charge in [0.2, 0.25) is 0 Å². The standard InChI is InChI=1S/C14H16N2O2.C8H11NO2/c1-2-18-14(17)10-13-15-8-9-16(13)11-12-6-4-3-5-7-12;1-2-11-8(10)6-7-4-3-5-9-7/h3-9H,2,10-11H2,1H3;3,5H,2,4,6H2,1H3. The molecule has 0 saturated heterocycles. The van der Waals surface area contributed by atoms with E-state index in [0.29, 0.717) is 19.6 Å². The van der Waals surface area contributed by atoms with Crippen LogP contribution in [0.1, 0.15) is 38.1 Å². The summed E-state index contributed by atoms with van der Waals surface area (Å²) < 4.78 is 11.6. The normalized spacial score (nSPS) is 12.0. The molecule has 0 spiro atoms. The van der Waals surface area contributed by atoms with Crippen LogP contribution in [0.5, 0.6) is 0 Å². The second kappa shape index (κ2) is 12.3. The molecule has 0 unspecified atom stereocenters. The van der Waals surface area contributed by atoms with Crippen LogP contribution in [-0.2, 0) is 32.0 Å². The Hall–Kier alpha value is -3.22. The molecule has 0 atom stereocenters. The second-order valence-corrected chi connectivity index (χ2v) is 6.20. The Labute approximate surface area is 171 Å². The number of hydrogen-bond donors (Lipinski definition) is 0. The van der Waals surface area contributed by atoms with E-state index in [0.717, 1.165) is 24.5 Å². The molecule has 29 heavy (non-hydrogen) atoms. The van der Waals surface area contributed by atoms with Gasteiger partial charge in [0.25, 0.3) is 0 Å². The Morgan fingerprint density at radius 3 is 2.34 bits per heavy atom. The van der Waals surface area contributed by atoms with Crippen molar-refractivity contribution >= 4 is 17.7 Å². The van der Waals surface area contributed by atoms with Crippen molar-refractivity contribution in [1.29, 1.82) is 0 Å². The van der Waals surface area contributed by atoms with E-state index in [4.69, 9.17) is 9.47 Å². The summed E-state index contributed by atoms with van der Waals surface area (Å²) in [6.07, 6.45) is 8.56. The number of ether oxygens (including phenoxy) is 2. The quantitative estimate of drug-likeness (QED) is 0.638. The molecule has 1 aromatic heterocycles. The van der Waals surface area contributed by atoms with Gasteiger partial charge >= 0.3 is 11.9 Å². The van der Waals surface area contributed by atoms with Crippen LogP contribution in [-0.4, -0.2) is 40.4 Å². The van der Waals surface area contributed by atoms with Crippen LogP contribution in [0.15, 0.2) is 60.0 Å². The predicted octanol–water partition coefficient (Wildman–Crippen LogP) is 3.34. The lowest BCUT2D eigenvalue weighted by molar-refractivity contribution is -0.143. The molecule has 154 valence electrons. The Morgan fingerprint density at radius 1 is 1.03 bits per heavy atom. The van der Waals surface area contributed by atoms with Gasteiger partial charge < -0.3 is 14.0 Å². The fraction of sp³-hybridized carbons (Fsp3) is 0.364. The van der Waals surface area contributed by atoms with E-state index in [1.165, 1.54) is 5.56 Å². The summed E-state index contributed by atoms with van der Waals surface area (Å²) in [4.78, 5) is 30.5. The van der Waals surface area contributed by atoms with E-state index < -0.39 is 0 Å². The molecule has 0 N–H and O–H groups in total. The van der Waals surface area contributed by atoms with E-state index in [9.17, 15) is 9.59 Å². The van der Waals surface area contributed by atoms with Gasteiger partial charge in [-0.05, 0) is 19.4 Å². The summed E-state index contributed by atoms with van der Waals surface area (Å²) in [7, 11) is 0. The van der Waals surface area contributed by atoms with Gasteiger partial charge in [0.15, 0.2) is 0 Å². The highest BCUT2D eigenvalue weighted by Gasteiger charge is 2.10. The predicted molar refractivity (Wildman–Crippen MR) is 111 cm³/mol. The zero-order valence-corrected chi connectivity index (χ0v) is 16.9. The van der Waals surface area contributed by atoms with Crippen molar-refractivity contribution in [2.24, 2.45) is 4.99 Å². The number of carbonyl (C=O) groups excluding carboxylic acids is 2. The van der Waals surface area contributed by atoms with Crippen molar-refractivity contribution in [1.82, 2.24) is 9.55 Å². The largest absolute Gasteiger partial charge is 0.466 e. The molecule has 0 amide bonds. The molecule has 0 bridgehead atoms. The first-order chi connectivity index (χ1) is 14.1. The first-order valence-corrected chi connectivity index (χ1v) is 9.68. The van der Waals surface area contributed by atoms with Crippen LogP contribution in [0.25, 0.3) is 0 Å². The van der Waals surface area contributed by atoms with Crippen molar-refractivity contribution < 1.29 is 19.1 Å². The number of nitrogens with zero attached hydrogens (tertiary/aromatic N) is 3. The van der Waals surface area contributed by atoms with Crippen molar-refractivity contribution in [2.75, 3.05) is 13.2 Å². The van der Waals surface area contributed by atoms with Gasteiger partial charge in [-0.2, -0.15) is 0 Å². The number of hydrogen-bond acceptors (Lipinski definition) is 6. The summed E-state index contributed by atoms with van der Waals surface area (Å²) in [5.74, 6) is 0.310. The summed E-state index contributed by atoms with van der Waals surface area (Å²) in [5.41, 5.74) is 2.07. The maximum absolute atomic E-state index is 11.4. The molecule has 3 rings (SSSR count). The maximum Gasteiger partial charge on any atom is 0.313 e. The van der Waals surface area contributed by atoms with Gasteiger partial charge in [-0.3, -0.25) is 14.6 Å². The molecule has 7 nitrogen and oxygen atoms in total. The minimum atomic E-state index is -0.238. The number of rotatable bonds is 8. The van der Waals surface area contributed by atoms with Gasteiger partial charge in [0.05, 0.1) is 19.6 Å². The first-order valence-electron chi connectivity index (χ1n) is 9.68. The van der Waals surface area contributed by atoms with Crippen LogP contribution in [0, 0.1) is 0 Å². The van der Waals surface area contributed by atoms with Gasteiger partial charge in [0, 0.05) is 37.3 Å². The first kappa shape index (κ1) is 22.1. The van der Waals surface area contributed by atoms with E-state index in [1.807, 2.05) is 47.2 Å². The zero-order valence-electron chi connectivity index (χ0n) is 16.9. The molecular formula is C22H27N3O4. The number of allylic oxidation sites excluding steroid dienone is 1. The van der Waals surface area contributed by atoms with Crippen LogP contribution in [0.2, 0.25) is 0 Å². The van der Waals surface area contributed by atoms with Crippen molar-refractivity contribution in [3.05, 3.63) is 66.4 Å². The number of aromatic nitrogens is 2. The van der Waals surface area contributed by atoms with Crippen LogP contribution < -0.4 is 0 Å². The van der Waals surface area contributed by atoms with Crippen molar-refractivity contribution in [3.63, 3.8) is 0 Å². The number of aliphatic imine (C=N–C) groups is 1. The Balaban J connectivity index is 0.000000234. The molecule has 1 aliphatic heterocycles. The molecule has 0 radical (unpaired) electrons. The van der Waals surface area contributed by atoms with E-state index in [1.54, 1.807) is 26.2 Å². The van der Waals surface area contributed by atoms with Crippen LogP contribution in [0.3, 0.4) is 0 Å². The minimum Gasteiger partial charge on any atom is -0.466 e. The molecule has 1 aliphatic rings. The Kier molecular flexibility index (Phi) is 9.35. The fourth-order valence-corrected chi connectivity index (χ4v) is 2.67. The number of esters is 2. The molecule has 0 fully saturated rings.